The third-order valence-electron chi connectivity index (χ3n) is 4.06. The Morgan fingerprint density at radius 2 is 1.95 bits per heavy atom. The molecule has 0 saturated carbocycles. The fourth-order valence-corrected chi connectivity index (χ4v) is 2.86. The van der Waals surface area contributed by atoms with Gasteiger partial charge in [0.15, 0.2) is 0 Å². The molecule has 0 radical (unpaired) electrons. The topological polar surface area (TPSA) is 32.8 Å². The molecule has 0 bridgehead atoms. The summed E-state index contributed by atoms with van der Waals surface area (Å²) in [7, 11) is 0. The van der Waals surface area contributed by atoms with Gasteiger partial charge < -0.3 is 14.5 Å². The molecule has 2 aliphatic rings. The number of nitrogens with zero attached hydrogens (tertiary/aromatic N) is 2. The van der Waals surface area contributed by atoms with Crippen molar-refractivity contribution in [2.24, 2.45) is 5.92 Å². The van der Waals surface area contributed by atoms with Crippen molar-refractivity contribution in [2.75, 3.05) is 44.3 Å². The summed E-state index contributed by atoms with van der Waals surface area (Å²) in [6.45, 7) is 3.91. The molecule has 1 aromatic carbocycles. The van der Waals surface area contributed by atoms with Crippen LogP contribution in [-0.2, 0) is 9.53 Å². The first-order valence-corrected chi connectivity index (χ1v) is 7.12. The van der Waals surface area contributed by atoms with Gasteiger partial charge in [-0.25, -0.2) is 4.39 Å². The van der Waals surface area contributed by atoms with Crippen molar-refractivity contribution < 1.29 is 13.9 Å². The normalized spacial score (nSPS) is 23.1. The van der Waals surface area contributed by atoms with E-state index in [1.807, 2.05) is 15.9 Å². The Kier molecular flexibility index (Phi) is 3.87. The third kappa shape index (κ3) is 2.63. The molecular weight excluding hydrogens is 259 g/mol. The Morgan fingerprint density at radius 1 is 1.20 bits per heavy atom. The van der Waals surface area contributed by atoms with Crippen LogP contribution in [0.1, 0.15) is 6.42 Å². The average molecular weight is 278 g/mol. The number of rotatable bonds is 2. The van der Waals surface area contributed by atoms with Crippen LogP contribution in [0.4, 0.5) is 10.1 Å². The highest BCUT2D eigenvalue weighted by Gasteiger charge is 2.30. The van der Waals surface area contributed by atoms with E-state index in [1.165, 1.54) is 6.07 Å². The van der Waals surface area contributed by atoms with Gasteiger partial charge in [-0.1, -0.05) is 12.1 Å². The van der Waals surface area contributed by atoms with Crippen molar-refractivity contribution in [3.05, 3.63) is 30.1 Å². The van der Waals surface area contributed by atoms with Crippen LogP contribution in [0.25, 0.3) is 0 Å². The summed E-state index contributed by atoms with van der Waals surface area (Å²) in [5.74, 6) is 0.0159. The molecule has 1 aromatic rings. The molecule has 108 valence electrons. The lowest BCUT2D eigenvalue weighted by atomic mass is 10.1. The zero-order valence-electron chi connectivity index (χ0n) is 11.4. The molecule has 1 amide bonds. The van der Waals surface area contributed by atoms with Gasteiger partial charge in [0.25, 0.3) is 0 Å². The Bertz CT molecular complexity index is 481. The van der Waals surface area contributed by atoms with Gasteiger partial charge in [0.1, 0.15) is 5.82 Å². The summed E-state index contributed by atoms with van der Waals surface area (Å²) in [5, 5.41) is 0. The fraction of sp³-hybridized carbons (Fsp3) is 0.533. The molecule has 3 rings (SSSR count). The standard InChI is InChI=1S/C15H19FN2O2/c16-13-3-1-2-4-14(13)17-6-8-18(9-7-17)15(19)12-5-10-20-11-12/h1-4,12H,5-11H2. The number of para-hydroxylation sites is 1. The molecule has 0 aromatic heterocycles. The van der Waals surface area contributed by atoms with Crippen LogP contribution in [0.2, 0.25) is 0 Å². The maximum atomic E-state index is 13.7. The van der Waals surface area contributed by atoms with Gasteiger partial charge in [0.05, 0.1) is 18.2 Å². The van der Waals surface area contributed by atoms with Crippen molar-refractivity contribution in [1.29, 1.82) is 0 Å². The zero-order chi connectivity index (χ0) is 13.9. The Hall–Kier alpha value is -1.62. The number of carbonyl (C=O) groups is 1. The van der Waals surface area contributed by atoms with Crippen molar-refractivity contribution in [1.82, 2.24) is 4.90 Å². The van der Waals surface area contributed by atoms with Gasteiger partial charge in [0, 0.05) is 32.8 Å². The predicted molar refractivity (Wildman–Crippen MR) is 74.1 cm³/mol. The molecule has 4 nitrogen and oxygen atoms in total. The summed E-state index contributed by atoms with van der Waals surface area (Å²) in [5.41, 5.74) is 0.629. The van der Waals surface area contributed by atoms with Gasteiger partial charge in [-0.2, -0.15) is 0 Å². The van der Waals surface area contributed by atoms with E-state index in [2.05, 4.69) is 0 Å². The van der Waals surface area contributed by atoms with E-state index in [9.17, 15) is 9.18 Å². The number of anilines is 1. The summed E-state index contributed by atoms with van der Waals surface area (Å²) in [6.07, 6.45) is 0.826. The summed E-state index contributed by atoms with van der Waals surface area (Å²) >= 11 is 0. The average Bonchev–Trinajstić information content (AvgIpc) is 3.01. The number of carbonyl (C=O) groups excluding carboxylic acids is 1. The molecule has 2 aliphatic heterocycles. The van der Waals surface area contributed by atoms with E-state index in [0.717, 1.165) is 6.42 Å². The molecule has 0 spiro atoms. The molecule has 0 N–H and O–H groups in total. The quantitative estimate of drug-likeness (QED) is 0.822. The van der Waals surface area contributed by atoms with E-state index >= 15 is 0 Å². The maximum Gasteiger partial charge on any atom is 0.228 e. The van der Waals surface area contributed by atoms with E-state index in [4.69, 9.17) is 4.74 Å². The van der Waals surface area contributed by atoms with Crippen molar-refractivity contribution in [2.45, 2.75) is 6.42 Å². The first kappa shape index (κ1) is 13.4. The third-order valence-corrected chi connectivity index (χ3v) is 4.06. The minimum atomic E-state index is -0.198. The number of halogens is 1. The predicted octanol–water partition coefficient (Wildman–Crippen LogP) is 1.51. The van der Waals surface area contributed by atoms with Crippen LogP contribution in [0.15, 0.2) is 24.3 Å². The van der Waals surface area contributed by atoms with Crippen molar-refractivity contribution in [3.8, 4) is 0 Å². The lowest BCUT2D eigenvalue weighted by molar-refractivity contribution is -0.135. The van der Waals surface area contributed by atoms with E-state index < -0.39 is 0 Å². The Morgan fingerprint density at radius 3 is 2.60 bits per heavy atom. The number of hydrogen-bond donors (Lipinski definition) is 0. The number of piperazine rings is 1. The fourth-order valence-electron chi connectivity index (χ4n) is 2.86. The van der Waals surface area contributed by atoms with E-state index in [-0.39, 0.29) is 17.6 Å². The van der Waals surface area contributed by atoms with Crippen LogP contribution < -0.4 is 4.90 Å². The smallest absolute Gasteiger partial charge is 0.228 e. The molecule has 2 heterocycles. The number of benzene rings is 1. The van der Waals surface area contributed by atoms with E-state index in [0.29, 0.717) is 45.1 Å². The second-order valence-corrected chi connectivity index (χ2v) is 5.32. The highest BCUT2D eigenvalue weighted by molar-refractivity contribution is 5.79. The van der Waals surface area contributed by atoms with Gasteiger partial charge in [-0.05, 0) is 18.6 Å². The molecule has 20 heavy (non-hydrogen) atoms. The molecule has 5 heteroatoms. The van der Waals surface area contributed by atoms with E-state index in [1.54, 1.807) is 12.1 Å². The molecule has 1 unspecified atom stereocenters. The van der Waals surface area contributed by atoms with Gasteiger partial charge in [0.2, 0.25) is 5.91 Å². The monoisotopic (exact) mass is 278 g/mol. The van der Waals surface area contributed by atoms with Crippen molar-refractivity contribution in [3.63, 3.8) is 0 Å². The second kappa shape index (κ2) is 5.79. The lowest BCUT2D eigenvalue weighted by Crippen LogP contribution is -2.50. The second-order valence-electron chi connectivity index (χ2n) is 5.32. The van der Waals surface area contributed by atoms with Gasteiger partial charge in [-0.3, -0.25) is 4.79 Å². The summed E-state index contributed by atoms with van der Waals surface area (Å²) in [4.78, 5) is 16.2. The highest BCUT2D eigenvalue weighted by atomic mass is 19.1. The van der Waals surface area contributed by atoms with Crippen molar-refractivity contribution >= 4 is 11.6 Å². The maximum absolute atomic E-state index is 13.7. The molecule has 1 atom stereocenters. The SMILES string of the molecule is O=C(C1CCOC1)N1CCN(c2ccccc2F)CC1. The van der Waals surface area contributed by atoms with Crippen LogP contribution in [-0.4, -0.2) is 50.2 Å². The lowest BCUT2D eigenvalue weighted by Gasteiger charge is -2.37. The minimum Gasteiger partial charge on any atom is -0.381 e. The first-order chi connectivity index (χ1) is 9.75. The van der Waals surface area contributed by atoms with Crippen LogP contribution >= 0.6 is 0 Å². The Labute approximate surface area is 118 Å². The number of amides is 1. The molecule has 2 saturated heterocycles. The highest BCUT2D eigenvalue weighted by Crippen LogP contribution is 2.22. The van der Waals surface area contributed by atoms with Crippen LogP contribution in [0, 0.1) is 11.7 Å². The molecular formula is C15H19FN2O2. The first-order valence-electron chi connectivity index (χ1n) is 7.12. The number of ether oxygens (including phenoxy) is 1. The zero-order valence-corrected chi connectivity index (χ0v) is 11.4. The van der Waals surface area contributed by atoms with Crippen LogP contribution in [0.5, 0.6) is 0 Å². The minimum absolute atomic E-state index is 0.0232. The van der Waals surface area contributed by atoms with Crippen LogP contribution in [0.3, 0.4) is 0 Å². The Balaban J connectivity index is 1.59. The number of hydrogen-bond acceptors (Lipinski definition) is 3. The van der Waals surface area contributed by atoms with Gasteiger partial charge in [-0.15, -0.1) is 0 Å². The molecule has 2 fully saturated rings. The summed E-state index contributed by atoms with van der Waals surface area (Å²) < 4.78 is 19.0. The van der Waals surface area contributed by atoms with Gasteiger partial charge >= 0.3 is 0 Å². The largest absolute Gasteiger partial charge is 0.381 e. The summed E-state index contributed by atoms with van der Waals surface area (Å²) in [6, 6.07) is 6.80. The molecule has 0 aliphatic carbocycles.